The minimum absolute atomic E-state index is 0.369. The number of aromatic nitrogens is 2. The molecule has 1 N–H and O–H groups in total. The Balaban J connectivity index is 1.84. The van der Waals surface area contributed by atoms with E-state index in [2.05, 4.69) is 41.2 Å². The molecule has 4 nitrogen and oxygen atoms in total. The Labute approximate surface area is 103 Å². The van der Waals surface area contributed by atoms with E-state index in [0.29, 0.717) is 18.8 Å². The molecule has 0 radical (unpaired) electrons. The van der Waals surface area contributed by atoms with E-state index in [4.69, 9.17) is 4.74 Å². The summed E-state index contributed by atoms with van der Waals surface area (Å²) < 4.78 is 7.89. The third kappa shape index (κ3) is 3.30. The van der Waals surface area contributed by atoms with Gasteiger partial charge in [0.05, 0.1) is 24.4 Å². The molecule has 96 valence electrons. The van der Waals surface area contributed by atoms with E-state index in [1.54, 1.807) is 0 Å². The SMILES string of the molecule is CCC(CC)n1ccc(COC2CCNC2)n1. The summed E-state index contributed by atoms with van der Waals surface area (Å²) in [6.07, 6.45) is 5.82. The second-order valence-corrected chi connectivity index (χ2v) is 4.68. The van der Waals surface area contributed by atoms with Crippen molar-refractivity contribution < 1.29 is 4.74 Å². The summed E-state index contributed by atoms with van der Waals surface area (Å²) in [6, 6.07) is 2.60. The van der Waals surface area contributed by atoms with E-state index in [-0.39, 0.29) is 0 Å². The van der Waals surface area contributed by atoms with Crippen LogP contribution >= 0.6 is 0 Å². The summed E-state index contributed by atoms with van der Waals surface area (Å²) in [4.78, 5) is 0. The lowest BCUT2D eigenvalue weighted by atomic mass is 10.2. The molecule has 0 amide bonds. The van der Waals surface area contributed by atoms with Crippen molar-refractivity contribution in [3.63, 3.8) is 0 Å². The predicted octanol–water partition coefficient (Wildman–Crippen LogP) is 2.12. The summed E-state index contributed by atoms with van der Waals surface area (Å²) in [5.41, 5.74) is 1.05. The van der Waals surface area contributed by atoms with Crippen LogP contribution in [-0.2, 0) is 11.3 Å². The van der Waals surface area contributed by atoms with Crippen molar-refractivity contribution in [3.05, 3.63) is 18.0 Å². The van der Waals surface area contributed by atoms with E-state index in [1.165, 1.54) is 0 Å². The molecule has 1 saturated heterocycles. The van der Waals surface area contributed by atoms with Gasteiger partial charge in [-0.05, 0) is 31.9 Å². The van der Waals surface area contributed by atoms with Gasteiger partial charge in [0.25, 0.3) is 0 Å². The van der Waals surface area contributed by atoms with E-state index in [0.717, 1.165) is 38.0 Å². The van der Waals surface area contributed by atoms with E-state index in [1.807, 2.05) is 0 Å². The highest BCUT2D eigenvalue weighted by atomic mass is 16.5. The molecule has 0 aromatic carbocycles. The molecule has 1 fully saturated rings. The highest BCUT2D eigenvalue weighted by molar-refractivity contribution is 4.98. The van der Waals surface area contributed by atoms with Crippen LogP contribution in [0.1, 0.15) is 44.8 Å². The fraction of sp³-hybridized carbons (Fsp3) is 0.769. The lowest BCUT2D eigenvalue weighted by Crippen LogP contribution is -2.16. The van der Waals surface area contributed by atoms with Crippen LogP contribution in [0.2, 0.25) is 0 Å². The van der Waals surface area contributed by atoms with E-state index >= 15 is 0 Å². The highest BCUT2D eigenvalue weighted by Gasteiger charge is 2.15. The first-order chi connectivity index (χ1) is 8.33. The van der Waals surface area contributed by atoms with Gasteiger partial charge in [-0.15, -0.1) is 0 Å². The number of nitrogens with one attached hydrogen (secondary N) is 1. The summed E-state index contributed by atoms with van der Waals surface area (Å²) in [5.74, 6) is 0. The third-order valence-corrected chi connectivity index (χ3v) is 3.46. The quantitative estimate of drug-likeness (QED) is 0.823. The van der Waals surface area contributed by atoms with E-state index in [9.17, 15) is 0 Å². The molecule has 0 saturated carbocycles. The molecule has 1 aromatic rings. The number of hydrogen-bond acceptors (Lipinski definition) is 3. The molecule has 0 spiro atoms. The fourth-order valence-electron chi connectivity index (χ4n) is 2.29. The molecule has 0 aliphatic carbocycles. The van der Waals surface area contributed by atoms with Crippen molar-refractivity contribution in [2.45, 2.75) is 51.9 Å². The fourth-order valence-corrected chi connectivity index (χ4v) is 2.29. The Kier molecular flexibility index (Phi) is 4.57. The largest absolute Gasteiger partial charge is 0.370 e. The number of rotatable bonds is 6. The van der Waals surface area contributed by atoms with Gasteiger partial charge in [0.15, 0.2) is 0 Å². The molecule has 1 atom stereocenters. The minimum Gasteiger partial charge on any atom is -0.370 e. The Hall–Kier alpha value is -0.870. The monoisotopic (exact) mass is 237 g/mol. The minimum atomic E-state index is 0.369. The maximum absolute atomic E-state index is 5.81. The Morgan fingerprint density at radius 1 is 1.53 bits per heavy atom. The maximum Gasteiger partial charge on any atom is 0.0910 e. The lowest BCUT2D eigenvalue weighted by Gasteiger charge is -2.12. The average Bonchev–Trinajstić information content (AvgIpc) is 2.99. The van der Waals surface area contributed by atoms with Gasteiger partial charge in [0.2, 0.25) is 0 Å². The predicted molar refractivity (Wildman–Crippen MR) is 67.9 cm³/mol. The molecule has 1 aliphatic heterocycles. The van der Waals surface area contributed by atoms with Crippen LogP contribution < -0.4 is 5.32 Å². The molecular weight excluding hydrogens is 214 g/mol. The van der Waals surface area contributed by atoms with Gasteiger partial charge in [0.1, 0.15) is 0 Å². The molecule has 2 rings (SSSR count). The van der Waals surface area contributed by atoms with Crippen LogP contribution in [0.15, 0.2) is 12.3 Å². The van der Waals surface area contributed by atoms with Crippen molar-refractivity contribution in [1.29, 1.82) is 0 Å². The Morgan fingerprint density at radius 2 is 2.35 bits per heavy atom. The van der Waals surface area contributed by atoms with Gasteiger partial charge >= 0.3 is 0 Å². The Morgan fingerprint density at radius 3 is 3.00 bits per heavy atom. The third-order valence-electron chi connectivity index (χ3n) is 3.46. The summed E-state index contributed by atoms with van der Waals surface area (Å²) in [7, 11) is 0. The second kappa shape index (κ2) is 6.17. The van der Waals surface area contributed by atoms with Crippen LogP contribution in [0.5, 0.6) is 0 Å². The maximum atomic E-state index is 5.81. The van der Waals surface area contributed by atoms with Crippen LogP contribution in [0.4, 0.5) is 0 Å². The zero-order chi connectivity index (χ0) is 12.1. The first-order valence-electron chi connectivity index (χ1n) is 6.69. The van der Waals surface area contributed by atoms with Gasteiger partial charge in [-0.2, -0.15) is 5.10 Å². The van der Waals surface area contributed by atoms with Gasteiger partial charge in [-0.3, -0.25) is 4.68 Å². The zero-order valence-corrected chi connectivity index (χ0v) is 10.9. The highest BCUT2D eigenvalue weighted by Crippen LogP contribution is 2.15. The van der Waals surface area contributed by atoms with Crippen LogP contribution in [-0.4, -0.2) is 29.0 Å². The molecule has 2 heterocycles. The number of ether oxygens (including phenoxy) is 1. The van der Waals surface area contributed by atoms with Gasteiger partial charge < -0.3 is 10.1 Å². The Bertz CT molecular complexity index is 327. The molecule has 17 heavy (non-hydrogen) atoms. The molecular formula is C13H23N3O. The summed E-state index contributed by atoms with van der Waals surface area (Å²) in [6.45, 7) is 7.10. The standard InChI is InChI=1S/C13H23N3O/c1-3-12(4-2)16-8-6-11(15-16)10-17-13-5-7-14-9-13/h6,8,12-14H,3-5,7,9-10H2,1-2H3. The van der Waals surface area contributed by atoms with Gasteiger partial charge in [0, 0.05) is 12.7 Å². The molecule has 0 bridgehead atoms. The number of nitrogens with zero attached hydrogens (tertiary/aromatic N) is 2. The van der Waals surface area contributed by atoms with Gasteiger partial charge in [-0.1, -0.05) is 13.8 Å². The van der Waals surface area contributed by atoms with Crippen molar-refractivity contribution in [2.24, 2.45) is 0 Å². The van der Waals surface area contributed by atoms with Crippen LogP contribution in [0.25, 0.3) is 0 Å². The first kappa shape index (κ1) is 12.6. The van der Waals surface area contributed by atoms with E-state index < -0.39 is 0 Å². The molecule has 1 aliphatic rings. The van der Waals surface area contributed by atoms with Gasteiger partial charge in [-0.25, -0.2) is 0 Å². The van der Waals surface area contributed by atoms with Crippen molar-refractivity contribution in [2.75, 3.05) is 13.1 Å². The summed E-state index contributed by atoms with van der Waals surface area (Å²) in [5, 5.41) is 7.88. The topological polar surface area (TPSA) is 39.1 Å². The van der Waals surface area contributed by atoms with Crippen LogP contribution in [0.3, 0.4) is 0 Å². The average molecular weight is 237 g/mol. The van der Waals surface area contributed by atoms with Crippen molar-refractivity contribution >= 4 is 0 Å². The number of hydrogen-bond donors (Lipinski definition) is 1. The normalized spacial score (nSPS) is 20.3. The first-order valence-corrected chi connectivity index (χ1v) is 6.69. The zero-order valence-electron chi connectivity index (χ0n) is 10.9. The lowest BCUT2D eigenvalue weighted by molar-refractivity contribution is 0.0518. The second-order valence-electron chi connectivity index (χ2n) is 4.68. The van der Waals surface area contributed by atoms with Crippen LogP contribution in [0, 0.1) is 0 Å². The smallest absolute Gasteiger partial charge is 0.0910 e. The summed E-state index contributed by atoms with van der Waals surface area (Å²) >= 11 is 0. The van der Waals surface area contributed by atoms with Crippen molar-refractivity contribution in [3.8, 4) is 0 Å². The van der Waals surface area contributed by atoms with Crippen molar-refractivity contribution in [1.82, 2.24) is 15.1 Å². The molecule has 4 heteroatoms. The molecule has 1 aromatic heterocycles. The molecule has 1 unspecified atom stereocenters.